The molecule has 0 saturated heterocycles. The molecule has 1 aromatic carbocycles. The van der Waals surface area contributed by atoms with Gasteiger partial charge in [-0.15, -0.1) is 0 Å². The molecule has 1 aromatic rings. The van der Waals surface area contributed by atoms with Gasteiger partial charge in [0.2, 0.25) is 10.0 Å². The van der Waals surface area contributed by atoms with E-state index in [0.29, 0.717) is 25.9 Å². The van der Waals surface area contributed by atoms with Crippen LogP contribution in [0.1, 0.15) is 37.0 Å². The van der Waals surface area contributed by atoms with Gasteiger partial charge in [-0.05, 0) is 31.0 Å². The second-order valence-electron chi connectivity index (χ2n) is 4.57. The summed E-state index contributed by atoms with van der Waals surface area (Å²) in [6, 6.07) is 3.62. The molecule has 0 aliphatic heterocycles. The van der Waals surface area contributed by atoms with E-state index in [1.54, 1.807) is 0 Å². The van der Waals surface area contributed by atoms with Gasteiger partial charge in [0.1, 0.15) is 11.3 Å². The molecule has 0 unspecified atom stereocenters. The second kappa shape index (κ2) is 7.42. The van der Waals surface area contributed by atoms with Gasteiger partial charge < -0.3 is 9.84 Å². The summed E-state index contributed by atoms with van der Waals surface area (Å²) in [6.45, 7) is 4.61. The molecule has 0 spiro atoms. The highest BCUT2D eigenvalue weighted by Crippen LogP contribution is 2.24. The fourth-order valence-corrected chi connectivity index (χ4v) is 3.60. The van der Waals surface area contributed by atoms with Crippen molar-refractivity contribution in [3.05, 3.63) is 23.8 Å². The van der Waals surface area contributed by atoms with Crippen molar-refractivity contribution in [2.45, 2.75) is 31.6 Å². The number of ether oxygens (including phenoxy) is 1. The number of phenolic OH excluding ortho intramolecular Hbond substituents is 1. The topological polar surface area (TPSA) is 83.9 Å². The highest BCUT2D eigenvalue weighted by Gasteiger charge is 2.25. The molecule has 0 bridgehead atoms. The third kappa shape index (κ3) is 3.95. The van der Waals surface area contributed by atoms with Gasteiger partial charge in [0.05, 0.1) is 12.0 Å². The van der Waals surface area contributed by atoms with Crippen LogP contribution in [0.15, 0.2) is 23.1 Å². The van der Waals surface area contributed by atoms with Crippen LogP contribution in [-0.2, 0) is 14.8 Å². The molecule has 0 heterocycles. The summed E-state index contributed by atoms with van der Waals surface area (Å²) < 4.78 is 31.1. The summed E-state index contributed by atoms with van der Waals surface area (Å²) in [4.78, 5) is 11.5. The van der Waals surface area contributed by atoms with E-state index in [0.717, 1.165) is 6.07 Å². The largest absolute Gasteiger partial charge is 0.507 e. The molecule has 0 saturated carbocycles. The fourth-order valence-electron chi connectivity index (χ4n) is 1.95. The van der Waals surface area contributed by atoms with E-state index in [9.17, 15) is 18.3 Å². The Kier molecular flexibility index (Phi) is 6.17. The summed E-state index contributed by atoms with van der Waals surface area (Å²) in [5.74, 6) is -1.08. The minimum atomic E-state index is -3.69. The minimum absolute atomic E-state index is 0.0254. The Bertz CT molecular complexity index is 591. The summed E-state index contributed by atoms with van der Waals surface area (Å²) >= 11 is 0. The first-order valence-corrected chi connectivity index (χ1v) is 8.23. The Hall–Kier alpha value is -1.60. The first-order valence-electron chi connectivity index (χ1n) is 6.79. The average molecular weight is 315 g/mol. The van der Waals surface area contributed by atoms with Crippen molar-refractivity contribution >= 4 is 16.0 Å². The Morgan fingerprint density at radius 3 is 2.29 bits per heavy atom. The van der Waals surface area contributed by atoms with Gasteiger partial charge in [0.15, 0.2) is 0 Å². The maximum atomic E-state index is 12.6. The number of methoxy groups -OCH3 is 1. The summed E-state index contributed by atoms with van der Waals surface area (Å²) in [5.41, 5.74) is -0.161. The fraction of sp³-hybridized carbons (Fsp3) is 0.500. The van der Waals surface area contributed by atoms with Gasteiger partial charge in [-0.3, -0.25) is 0 Å². The van der Waals surface area contributed by atoms with E-state index in [4.69, 9.17) is 0 Å². The lowest BCUT2D eigenvalue weighted by Crippen LogP contribution is -2.32. The molecule has 0 radical (unpaired) electrons. The lowest BCUT2D eigenvalue weighted by atomic mass is 10.2. The lowest BCUT2D eigenvalue weighted by molar-refractivity contribution is 0.0597. The zero-order chi connectivity index (χ0) is 16.0. The summed E-state index contributed by atoms with van der Waals surface area (Å²) in [5, 5.41) is 9.64. The second-order valence-corrected chi connectivity index (χ2v) is 6.51. The molecule has 0 fully saturated rings. The van der Waals surface area contributed by atoms with E-state index in [2.05, 4.69) is 4.74 Å². The number of aromatic hydroxyl groups is 1. The number of carbonyl (C=O) groups is 1. The number of hydrogen-bond acceptors (Lipinski definition) is 5. The zero-order valence-electron chi connectivity index (χ0n) is 12.5. The van der Waals surface area contributed by atoms with E-state index in [1.165, 1.54) is 23.5 Å². The number of esters is 1. The quantitative estimate of drug-likeness (QED) is 0.778. The normalized spacial score (nSPS) is 11.6. The molecule has 1 N–H and O–H groups in total. The van der Waals surface area contributed by atoms with Crippen molar-refractivity contribution in [1.82, 2.24) is 4.31 Å². The predicted molar refractivity (Wildman–Crippen MR) is 78.8 cm³/mol. The highest BCUT2D eigenvalue weighted by atomic mass is 32.2. The first-order chi connectivity index (χ1) is 9.88. The monoisotopic (exact) mass is 315 g/mol. The van der Waals surface area contributed by atoms with Crippen molar-refractivity contribution in [3.8, 4) is 5.75 Å². The van der Waals surface area contributed by atoms with Crippen molar-refractivity contribution < 1.29 is 23.1 Å². The number of sulfonamides is 1. The number of rotatable bonds is 7. The Morgan fingerprint density at radius 1 is 1.24 bits per heavy atom. The van der Waals surface area contributed by atoms with Crippen LogP contribution in [0.3, 0.4) is 0 Å². The van der Waals surface area contributed by atoms with Gasteiger partial charge in [-0.1, -0.05) is 13.8 Å². The van der Waals surface area contributed by atoms with E-state index >= 15 is 0 Å². The van der Waals surface area contributed by atoms with Crippen LogP contribution < -0.4 is 0 Å². The van der Waals surface area contributed by atoms with Gasteiger partial charge >= 0.3 is 5.97 Å². The molecule has 6 nitrogen and oxygen atoms in total. The standard InChI is InChI=1S/C14H21NO5S/c1-4-8-15(9-5-2)21(18,19)11-6-7-13(16)12(10-11)14(17)20-3/h6-7,10,16H,4-5,8-9H2,1-3H3. The molecule has 1 rings (SSSR count). The molecular weight excluding hydrogens is 294 g/mol. The number of phenols is 1. The Morgan fingerprint density at radius 2 is 1.81 bits per heavy atom. The van der Waals surface area contributed by atoms with Crippen molar-refractivity contribution in [2.24, 2.45) is 0 Å². The van der Waals surface area contributed by atoms with Crippen LogP contribution in [-0.4, -0.2) is 44.0 Å². The molecule has 0 aromatic heterocycles. The maximum absolute atomic E-state index is 12.6. The molecule has 0 atom stereocenters. The van der Waals surface area contributed by atoms with Crippen molar-refractivity contribution in [1.29, 1.82) is 0 Å². The molecule has 7 heteroatoms. The molecule has 21 heavy (non-hydrogen) atoms. The van der Waals surface area contributed by atoms with E-state index in [-0.39, 0.29) is 16.2 Å². The summed E-state index contributed by atoms with van der Waals surface area (Å²) in [6.07, 6.45) is 1.39. The van der Waals surface area contributed by atoms with E-state index in [1.807, 2.05) is 13.8 Å². The summed E-state index contributed by atoms with van der Waals surface area (Å²) in [7, 11) is -2.52. The smallest absolute Gasteiger partial charge is 0.341 e. The van der Waals surface area contributed by atoms with Gasteiger partial charge in [-0.2, -0.15) is 4.31 Å². The number of nitrogens with zero attached hydrogens (tertiary/aromatic N) is 1. The minimum Gasteiger partial charge on any atom is -0.507 e. The van der Waals surface area contributed by atoms with Crippen LogP contribution in [0.25, 0.3) is 0 Å². The van der Waals surface area contributed by atoms with Gasteiger partial charge in [0.25, 0.3) is 0 Å². The molecule has 118 valence electrons. The predicted octanol–water partition coefficient (Wildman–Crippen LogP) is 1.99. The van der Waals surface area contributed by atoms with Gasteiger partial charge in [-0.25, -0.2) is 13.2 Å². The van der Waals surface area contributed by atoms with E-state index < -0.39 is 16.0 Å². The van der Waals surface area contributed by atoms with Crippen LogP contribution in [0.2, 0.25) is 0 Å². The molecular formula is C14H21NO5S. The van der Waals surface area contributed by atoms with Crippen LogP contribution in [0.4, 0.5) is 0 Å². The Balaban J connectivity index is 3.27. The van der Waals surface area contributed by atoms with Crippen molar-refractivity contribution in [2.75, 3.05) is 20.2 Å². The number of hydrogen-bond donors (Lipinski definition) is 1. The zero-order valence-corrected chi connectivity index (χ0v) is 13.3. The van der Waals surface area contributed by atoms with Gasteiger partial charge in [0, 0.05) is 13.1 Å². The SMILES string of the molecule is CCCN(CCC)S(=O)(=O)c1ccc(O)c(C(=O)OC)c1. The highest BCUT2D eigenvalue weighted by molar-refractivity contribution is 7.89. The third-order valence-electron chi connectivity index (χ3n) is 2.96. The van der Waals surface area contributed by atoms with Crippen LogP contribution >= 0.6 is 0 Å². The number of carbonyl (C=O) groups excluding carboxylic acids is 1. The first kappa shape index (κ1) is 17.5. The molecule has 0 aliphatic rings. The van der Waals surface area contributed by atoms with Crippen LogP contribution in [0.5, 0.6) is 5.75 Å². The average Bonchev–Trinajstić information content (AvgIpc) is 2.46. The van der Waals surface area contributed by atoms with Crippen molar-refractivity contribution in [3.63, 3.8) is 0 Å². The molecule has 0 amide bonds. The maximum Gasteiger partial charge on any atom is 0.341 e. The number of benzene rings is 1. The Labute approximate surface area is 125 Å². The third-order valence-corrected chi connectivity index (χ3v) is 4.85. The van der Waals surface area contributed by atoms with Crippen LogP contribution in [0, 0.1) is 0 Å². The molecule has 0 aliphatic carbocycles. The lowest BCUT2D eigenvalue weighted by Gasteiger charge is -2.21.